The van der Waals surface area contributed by atoms with E-state index in [4.69, 9.17) is 9.84 Å². The van der Waals surface area contributed by atoms with Crippen molar-refractivity contribution in [1.82, 2.24) is 9.78 Å². The molecule has 0 atom stereocenters. The van der Waals surface area contributed by atoms with E-state index in [1.165, 1.54) is 4.68 Å². The third kappa shape index (κ3) is 3.26. The van der Waals surface area contributed by atoms with E-state index in [0.29, 0.717) is 13.0 Å². The van der Waals surface area contributed by atoms with E-state index in [1.807, 2.05) is 37.3 Å². The van der Waals surface area contributed by atoms with Gasteiger partial charge in [0, 0.05) is 6.42 Å². The van der Waals surface area contributed by atoms with Crippen LogP contribution in [0.4, 0.5) is 0 Å². The molecule has 0 bridgehead atoms. The van der Waals surface area contributed by atoms with Crippen LogP contribution in [0.25, 0.3) is 5.69 Å². The number of nitrogens with zero attached hydrogens (tertiary/aromatic N) is 2. The molecular weight excluding hydrogens is 256 g/mol. The Balaban J connectivity index is 2.24. The van der Waals surface area contributed by atoms with Crippen molar-refractivity contribution in [3.05, 3.63) is 54.4 Å². The topological polar surface area (TPSA) is 64.4 Å². The molecule has 5 nitrogen and oxygen atoms in total. The largest absolute Gasteiger partial charge is 0.489 e. The number of carbonyl (C=O) groups is 1. The highest BCUT2D eigenvalue weighted by atomic mass is 16.5. The molecule has 1 N–H and O–H groups in total. The van der Waals surface area contributed by atoms with Crippen molar-refractivity contribution in [2.75, 3.05) is 6.61 Å². The van der Waals surface area contributed by atoms with Crippen LogP contribution in [0.15, 0.2) is 48.7 Å². The summed E-state index contributed by atoms with van der Waals surface area (Å²) >= 11 is 0. The number of benzene rings is 1. The molecule has 0 radical (unpaired) electrons. The molecule has 0 aliphatic heterocycles. The van der Waals surface area contributed by atoms with E-state index in [2.05, 4.69) is 11.7 Å². The van der Waals surface area contributed by atoms with Crippen molar-refractivity contribution >= 4 is 5.97 Å². The second-order valence-electron chi connectivity index (χ2n) is 4.48. The van der Waals surface area contributed by atoms with E-state index < -0.39 is 5.97 Å². The van der Waals surface area contributed by atoms with Crippen molar-refractivity contribution < 1.29 is 14.6 Å². The standard InChI is InChI=1S/C15H16N2O3/c1-11(2)8-9-20-13-10-17(16-14(13)15(18)19)12-6-4-3-5-7-12/h3-7,10H,1,8-9H2,2H3,(H,18,19). The Morgan fingerprint density at radius 1 is 1.40 bits per heavy atom. The van der Waals surface area contributed by atoms with Crippen LogP contribution in [0.5, 0.6) is 5.75 Å². The molecule has 1 heterocycles. The minimum Gasteiger partial charge on any atom is -0.489 e. The number of aromatic nitrogens is 2. The molecule has 20 heavy (non-hydrogen) atoms. The van der Waals surface area contributed by atoms with Gasteiger partial charge in [-0.3, -0.25) is 0 Å². The summed E-state index contributed by atoms with van der Waals surface area (Å²) in [7, 11) is 0. The summed E-state index contributed by atoms with van der Waals surface area (Å²) in [5, 5.41) is 13.2. The molecule has 0 aliphatic rings. The van der Waals surface area contributed by atoms with Crippen LogP contribution >= 0.6 is 0 Å². The fraction of sp³-hybridized carbons (Fsp3) is 0.200. The first kappa shape index (κ1) is 13.9. The second kappa shape index (κ2) is 6.06. The average Bonchev–Trinajstić information content (AvgIpc) is 2.84. The van der Waals surface area contributed by atoms with Gasteiger partial charge in [0.05, 0.1) is 18.5 Å². The van der Waals surface area contributed by atoms with Gasteiger partial charge in [0.15, 0.2) is 5.75 Å². The fourth-order valence-electron chi connectivity index (χ4n) is 1.66. The van der Waals surface area contributed by atoms with Crippen LogP contribution in [-0.2, 0) is 0 Å². The third-order valence-corrected chi connectivity index (χ3v) is 2.69. The molecule has 0 aliphatic carbocycles. The SMILES string of the molecule is C=C(C)CCOc1cn(-c2ccccc2)nc1C(=O)O. The Morgan fingerprint density at radius 3 is 2.70 bits per heavy atom. The van der Waals surface area contributed by atoms with E-state index in [9.17, 15) is 4.79 Å². The van der Waals surface area contributed by atoms with E-state index in [1.54, 1.807) is 6.20 Å². The van der Waals surface area contributed by atoms with Gasteiger partial charge in [-0.1, -0.05) is 23.8 Å². The molecule has 104 valence electrons. The molecule has 1 aromatic heterocycles. The number of aromatic carboxylic acids is 1. The maximum Gasteiger partial charge on any atom is 0.360 e. The van der Waals surface area contributed by atoms with Crippen LogP contribution in [0, 0.1) is 0 Å². The molecule has 0 amide bonds. The first-order chi connectivity index (χ1) is 9.58. The molecule has 0 saturated heterocycles. The van der Waals surface area contributed by atoms with Crippen molar-refractivity contribution in [3.63, 3.8) is 0 Å². The highest BCUT2D eigenvalue weighted by Gasteiger charge is 2.17. The quantitative estimate of drug-likeness (QED) is 0.821. The van der Waals surface area contributed by atoms with Crippen LogP contribution in [0.1, 0.15) is 23.8 Å². The smallest absolute Gasteiger partial charge is 0.360 e. The fourth-order valence-corrected chi connectivity index (χ4v) is 1.66. The van der Waals surface area contributed by atoms with Gasteiger partial charge in [-0.25, -0.2) is 9.48 Å². The lowest BCUT2D eigenvalue weighted by molar-refractivity contribution is 0.0685. The number of hydrogen-bond acceptors (Lipinski definition) is 3. The molecule has 1 aromatic carbocycles. The highest BCUT2D eigenvalue weighted by Crippen LogP contribution is 2.20. The van der Waals surface area contributed by atoms with Gasteiger partial charge in [0.25, 0.3) is 0 Å². The molecular formula is C15H16N2O3. The summed E-state index contributed by atoms with van der Waals surface area (Å²) in [6, 6.07) is 9.29. The molecule has 0 saturated carbocycles. The van der Waals surface area contributed by atoms with Crippen molar-refractivity contribution in [1.29, 1.82) is 0 Å². The zero-order chi connectivity index (χ0) is 14.5. The van der Waals surface area contributed by atoms with Gasteiger partial charge in [-0.2, -0.15) is 5.10 Å². The monoisotopic (exact) mass is 272 g/mol. The molecule has 0 spiro atoms. The second-order valence-corrected chi connectivity index (χ2v) is 4.48. The summed E-state index contributed by atoms with van der Waals surface area (Å²) in [5.74, 6) is -0.840. The Hall–Kier alpha value is -2.56. The zero-order valence-electron chi connectivity index (χ0n) is 11.2. The van der Waals surface area contributed by atoms with Gasteiger partial charge >= 0.3 is 5.97 Å². The van der Waals surface area contributed by atoms with Crippen LogP contribution < -0.4 is 4.74 Å². The Kier molecular flexibility index (Phi) is 4.20. The van der Waals surface area contributed by atoms with E-state index >= 15 is 0 Å². The lowest BCUT2D eigenvalue weighted by Crippen LogP contribution is -2.04. The Labute approximate surface area is 117 Å². The van der Waals surface area contributed by atoms with Crippen LogP contribution in [-0.4, -0.2) is 27.5 Å². The molecule has 2 rings (SSSR count). The van der Waals surface area contributed by atoms with Gasteiger partial charge in [0.2, 0.25) is 5.69 Å². The first-order valence-corrected chi connectivity index (χ1v) is 6.23. The minimum absolute atomic E-state index is 0.0874. The molecule has 5 heteroatoms. The Morgan fingerprint density at radius 2 is 2.10 bits per heavy atom. The average molecular weight is 272 g/mol. The predicted octanol–water partition coefficient (Wildman–Crippen LogP) is 2.92. The summed E-state index contributed by atoms with van der Waals surface area (Å²) in [6.45, 7) is 6.06. The molecule has 0 fully saturated rings. The van der Waals surface area contributed by atoms with Crippen LogP contribution in [0.3, 0.4) is 0 Å². The summed E-state index contributed by atoms with van der Waals surface area (Å²) in [4.78, 5) is 11.2. The first-order valence-electron chi connectivity index (χ1n) is 6.23. The number of rotatable bonds is 6. The Bertz CT molecular complexity index is 617. The van der Waals surface area contributed by atoms with Crippen molar-refractivity contribution in [2.45, 2.75) is 13.3 Å². The van der Waals surface area contributed by atoms with Crippen molar-refractivity contribution in [3.8, 4) is 11.4 Å². The molecule has 0 unspecified atom stereocenters. The van der Waals surface area contributed by atoms with Gasteiger partial charge in [0.1, 0.15) is 0 Å². The number of hydrogen-bond donors (Lipinski definition) is 1. The predicted molar refractivity (Wildman–Crippen MR) is 75.4 cm³/mol. The normalized spacial score (nSPS) is 10.2. The maximum atomic E-state index is 11.2. The highest BCUT2D eigenvalue weighted by molar-refractivity contribution is 5.88. The van der Waals surface area contributed by atoms with Crippen LogP contribution in [0.2, 0.25) is 0 Å². The summed E-state index contributed by atoms with van der Waals surface area (Å²) in [6.07, 6.45) is 2.26. The number of carboxylic acids is 1. The maximum absolute atomic E-state index is 11.2. The summed E-state index contributed by atoms with van der Waals surface area (Å²) < 4.78 is 6.99. The lowest BCUT2D eigenvalue weighted by Gasteiger charge is -2.03. The van der Waals surface area contributed by atoms with Gasteiger partial charge in [-0.05, 0) is 19.1 Å². The van der Waals surface area contributed by atoms with Gasteiger partial charge < -0.3 is 9.84 Å². The number of para-hydroxylation sites is 1. The third-order valence-electron chi connectivity index (χ3n) is 2.69. The van der Waals surface area contributed by atoms with E-state index in [0.717, 1.165) is 11.3 Å². The number of ether oxygens (including phenoxy) is 1. The molecule has 2 aromatic rings. The van der Waals surface area contributed by atoms with Crippen molar-refractivity contribution in [2.24, 2.45) is 0 Å². The summed E-state index contributed by atoms with van der Waals surface area (Å²) in [5.41, 5.74) is 1.68. The zero-order valence-corrected chi connectivity index (χ0v) is 11.2. The van der Waals surface area contributed by atoms with E-state index in [-0.39, 0.29) is 11.4 Å². The van der Waals surface area contributed by atoms with Gasteiger partial charge in [-0.15, -0.1) is 6.58 Å². The number of carboxylic acid groups (broad SMARTS) is 1. The minimum atomic E-state index is -1.11. The lowest BCUT2D eigenvalue weighted by atomic mass is 10.3.